The second-order valence-corrected chi connectivity index (χ2v) is 4.26. The van der Waals surface area contributed by atoms with Gasteiger partial charge in [-0.25, -0.2) is 0 Å². The number of phenols is 2. The lowest BCUT2D eigenvalue weighted by atomic mass is 10.1. The first-order chi connectivity index (χ1) is 8.58. The number of nitrogens with zero attached hydrogens (tertiary/aromatic N) is 1. The lowest BCUT2D eigenvalue weighted by Crippen LogP contribution is -1.83. The largest absolute Gasteiger partial charge is 0.504 e. The predicted octanol–water partition coefficient (Wildman–Crippen LogP) is 3.47. The Morgan fingerprint density at radius 2 is 1.83 bits per heavy atom. The van der Waals surface area contributed by atoms with Gasteiger partial charge in [-0.2, -0.15) is 0 Å². The van der Waals surface area contributed by atoms with Gasteiger partial charge in [0.15, 0.2) is 11.5 Å². The molecule has 0 atom stereocenters. The van der Waals surface area contributed by atoms with Crippen LogP contribution in [0.3, 0.4) is 0 Å². The molecule has 2 rings (SSSR count). The van der Waals surface area contributed by atoms with Crippen LogP contribution in [0.4, 0.5) is 5.69 Å². The second kappa shape index (κ2) is 4.92. The zero-order valence-electron chi connectivity index (χ0n) is 10.4. The number of aromatic hydroxyl groups is 2. The summed E-state index contributed by atoms with van der Waals surface area (Å²) in [6, 6.07) is 10.8. The van der Waals surface area contributed by atoms with E-state index in [9.17, 15) is 10.2 Å². The van der Waals surface area contributed by atoms with Crippen molar-refractivity contribution in [1.82, 2.24) is 0 Å². The fraction of sp³-hybridized carbons (Fsp3) is 0.133. The van der Waals surface area contributed by atoms with Crippen LogP contribution in [0.2, 0.25) is 0 Å². The van der Waals surface area contributed by atoms with Crippen molar-refractivity contribution in [3.63, 3.8) is 0 Å². The van der Waals surface area contributed by atoms with Crippen molar-refractivity contribution >= 4 is 11.9 Å². The van der Waals surface area contributed by atoms with E-state index in [1.54, 1.807) is 18.3 Å². The van der Waals surface area contributed by atoms with Crippen molar-refractivity contribution in [3.8, 4) is 11.5 Å². The molecule has 0 heterocycles. The van der Waals surface area contributed by atoms with E-state index >= 15 is 0 Å². The van der Waals surface area contributed by atoms with Gasteiger partial charge in [0.05, 0.1) is 5.69 Å². The van der Waals surface area contributed by atoms with Crippen molar-refractivity contribution in [2.45, 2.75) is 13.8 Å². The van der Waals surface area contributed by atoms with Crippen LogP contribution in [0.1, 0.15) is 16.7 Å². The van der Waals surface area contributed by atoms with E-state index in [2.05, 4.69) is 4.99 Å². The minimum absolute atomic E-state index is 0.139. The maximum Gasteiger partial charge on any atom is 0.166 e. The first kappa shape index (κ1) is 12.2. The fourth-order valence-corrected chi connectivity index (χ4v) is 1.65. The summed E-state index contributed by atoms with van der Waals surface area (Å²) in [6.45, 7) is 3.98. The van der Waals surface area contributed by atoms with Gasteiger partial charge in [-0.05, 0) is 43.2 Å². The first-order valence-electron chi connectivity index (χ1n) is 5.70. The third kappa shape index (κ3) is 2.51. The third-order valence-corrected chi connectivity index (χ3v) is 2.75. The smallest absolute Gasteiger partial charge is 0.166 e. The zero-order chi connectivity index (χ0) is 13.1. The molecule has 0 radical (unpaired) electrons. The van der Waals surface area contributed by atoms with Gasteiger partial charge in [-0.15, -0.1) is 0 Å². The fourth-order valence-electron chi connectivity index (χ4n) is 1.65. The molecule has 0 amide bonds. The normalized spacial score (nSPS) is 11.0. The summed E-state index contributed by atoms with van der Waals surface area (Å²) in [6.07, 6.45) is 1.55. The molecule has 2 aromatic carbocycles. The van der Waals surface area contributed by atoms with Crippen LogP contribution in [-0.4, -0.2) is 16.4 Å². The summed E-state index contributed by atoms with van der Waals surface area (Å²) in [4.78, 5) is 4.34. The minimum atomic E-state index is -0.147. The summed E-state index contributed by atoms with van der Waals surface area (Å²) < 4.78 is 0. The van der Waals surface area contributed by atoms with E-state index in [1.807, 2.05) is 32.0 Å². The molecule has 0 saturated heterocycles. The first-order valence-corrected chi connectivity index (χ1v) is 5.70. The van der Waals surface area contributed by atoms with Gasteiger partial charge >= 0.3 is 0 Å². The number of hydrogen-bond acceptors (Lipinski definition) is 3. The molecular formula is C15H15NO2. The van der Waals surface area contributed by atoms with Crippen LogP contribution in [0, 0.1) is 13.8 Å². The van der Waals surface area contributed by atoms with E-state index in [0.29, 0.717) is 5.56 Å². The van der Waals surface area contributed by atoms with Crippen molar-refractivity contribution in [3.05, 3.63) is 53.1 Å². The van der Waals surface area contributed by atoms with Gasteiger partial charge in [0.2, 0.25) is 0 Å². The lowest BCUT2D eigenvalue weighted by molar-refractivity contribution is 0.403. The van der Waals surface area contributed by atoms with Gasteiger partial charge in [-0.3, -0.25) is 4.99 Å². The summed E-state index contributed by atoms with van der Waals surface area (Å²) in [7, 11) is 0. The Bertz CT molecular complexity index is 599. The number of rotatable bonds is 2. The molecule has 0 spiro atoms. The van der Waals surface area contributed by atoms with Gasteiger partial charge in [0, 0.05) is 11.8 Å². The van der Waals surface area contributed by atoms with Gasteiger partial charge in [0.25, 0.3) is 0 Å². The molecule has 2 N–H and O–H groups in total. The molecule has 3 heteroatoms. The Labute approximate surface area is 106 Å². The third-order valence-electron chi connectivity index (χ3n) is 2.75. The number of benzene rings is 2. The average molecular weight is 241 g/mol. The number of hydrogen-bond donors (Lipinski definition) is 2. The van der Waals surface area contributed by atoms with Gasteiger partial charge in [0.1, 0.15) is 0 Å². The van der Waals surface area contributed by atoms with E-state index in [-0.39, 0.29) is 11.5 Å². The van der Waals surface area contributed by atoms with Crippen LogP contribution in [0.15, 0.2) is 41.4 Å². The summed E-state index contributed by atoms with van der Waals surface area (Å²) in [5.74, 6) is -0.286. The van der Waals surface area contributed by atoms with Crippen molar-refractivity contribution in [1.29, 1.82) is 0 Å². The van der Waals surface area contributed by atoms with E-state index in [1.165, 1.54) is 6.07 Å². The molecule has 2 aromatic rings. The summed E-state index contributed by atoms with van der Waals surface area (Å²) in [5, 5.41) is 19.0. The van der Waals surface area contributed by atoms with E-state index in [4.69, 9.17) is 0 Å². The monoisotopic (exact) mass is 241 g/mol. The maximum absolute atomic E-state index is 9.66. The Kier molecular flexibility index (Phi) is 3.33. The van der Waals surface area contributed by atoms with Crippen molar-refractivity contribution < 1.29 is 10.2 Å². The second-order valence-electron chi connectivity index (χ2n) is 4.26. The van der Waals surface area contributed by atoms with Crippen LogP contribution in [0.25, 0.3) is 0 Å². The molecular weight excluding hydrogens is 226 g/mol. The molecule has 0 saturated carbocycles. The molecule has 18 heavy (non-hydrogen) atoms. The molecule has 0 aliphatic carbocycles. The molecule has 92 valence electrons. The maximum atomic E-state index is 9.66. The average Bonchev–Trinajstić information content (AvgIpc) is 2.35. The number of para-hydroxylation sites is 1. The summed E-state index contributed by atoms with van der Waals surface area (Å²) >= 11 is 0. The van der Waals surface area contributed by atoms with Crippen molar-refractivity contribution in [2.24, 2.45) is 4.99 Å². The van der Waals surface area contributed by atoms with E-state index < -0.39 is 0 Å². The van der Waals surface area contributed by atoms with Crippen LogP contribution in [-0.2, 0) is 0 Å². The molecule has 0 fully saturated rings. The Morgan fingerprint density at radius 3 is 2.61 bits per heavy atom. The van der Waals surface area contributed by atoms with Crippen LogP contribution in [0.5, 0.6) is 11.5 Å². The van der Waals surface area contributed by atoms with Gasteiger partial charge < -0.3 is 10.2 Å². The topological polar surface area (TPSA) is 52.8 Å². The van der Waals surface area contributed by atoms with E-state index in [0.717, 1.165) is 16.8 Å². The number of phenolic OH excluding ortho intramolecular Hbond substituents is 2. The highest BCUT2D eigenvalue weighted by Crippen LogP contribution is 2.27. The number of aliphatic imine (C=N–C) groups is 1. The Hall–Kier alpha value is -2.29. The SMILES string of the molecule is Cc1ccc(C)c(N=Cc2cccc(O)c2O)c1. The molecule has 0 aromatic heterocycles. The Morgan fingerprint density at radius 1 is 1.06 bits per heavy atom. The number of aryl methyl sites for hydroxylation is 2. The van der Waals surface area contributed by atoms with Crippen LogP contribution >= 0.6 is 0 Å². The zero-order valence-corrected chi connectivity index (χ0v) is 10.4. The molecule has 0 aliphatic heterocycles. The van der Waals surface area contributed by atoms with Crippen LogP contribution < -0.4 is 0 Å². The molecule has 3 nitrogen and oxygen atoms in total. The predicted molar refractivity (Wildman–Crippen MR) is 72.9 cm³/mol. The quantitative estimate of drug-likeness (QED) is 0.625. The standard InChI is InChI=1S/C15H15NO2/c1-10-6-7-11(2)13(8-10)16-9-12-4-3-5-14(17)15(12)18/h3-9,17-18H,1-2H3. The highest BCUT2D eigenvalue weighted by molar-refractivity contribution is 5.86. The lowest BCUT2D eigenvalue weighted by Gasteiger charge is -2.03. The minimum Gasteiger partial charge on any atom is -0.504 e. The Balaban J connectivity index is 2.36. The molecule has 0 bridgehead atoms. The molecule has 0 aliphatic rings. The highest BCUT2D eigenvalue weighted by Gasteiger charge is 2.03. The van der Waals surface area contributed by atoms with Crippen molar-refractivity contribution in [2.75, 3.05) is 0 Å². The van der Waals surface area contributed by atoms with Gasteiger partial charge in [-0.1, -0.05) is 18.2 Å². The molecule has 0 unspecified atom stereocenters. The summed E-state index contributed by atoms with van der Waals surface area (Å²) in [5.41, 5.74) is 3.55. The highest BCUT2D eigenvalue weighted by atomic mass is 16.3.